The molecule has 0 aliphatic heterocycles. The van der Waals surface area contributed by atoms with Crippen molar-refractivity contribution in [3.8, 4) is 0 Å². The average Bonchev–Trinajstić information content (AvgIpc) is 2.12. The van der Waals surface area contributed by atoms with Gasteiger partial charge < -0.3 is 5.11 Å². The molecule has 0 aromatic heterocycles. The summed E-state index contributed by atoms with van der Waals surface area (Å²) < 4.78 is 51.0. The standard InChI is InChI=1S/C8H6F4O/c1-2-8(12)3-4(9)5(10)6(13)7(8)11/h2-3,7,13H,1H2. The Labute approximate surface area is 71.7 Å². The molecule has 0 aromatic rings. The number of aliphatic hydroxyl groups excluding tert-OH is 1. The highest BCUT2D eigenvalue weighted by molar-refractivity contribution is 5.38. The van der Waals surface area contributed by atoms with Gasteiger partial charge in [-0.15, -0.1) is 0 Å². The maximum Gasteiger partial charge on any atom is 0.201 e. The minimum atomic E-state index is -2.89. The zero-order valence-electron chi connectivity index (χ0n) is 6.40. The van der Waals surface area contributed by atoms with Crippen molar-refractivity contribution in [2.75, 3.05) is 0 Å². The molecule has 2 atom stereocenters. The normalized spacial score (nSPS) is 34.5. The summed E-state index contributed by atoms with van der Waals surface area (Å²) in [5.74, 6) is -4.99. The topological polar surface area (TPSA) is 20.2 Å². The lowest BCUT2D eigenvalue weighted by Gasteiger charge is -2.24. The molecule has 1 aliphatic rings. The van der Waals surface area contributed by atoms with Crippen LogP contribution < -0.4 is 0 Å². The van der Waals surface area contributed by atoms with Gasteiger partial charge in [0, 0.05) is 0 Å². The SMILES string of the molecule is C=CC1(F)C=C(F)C(F)=C(O)C1F. The summed E-state index contributed by atoms with van der Waals surface area (Å²) in [5.41, 5.74) is -2.89. The van der Waals surface area contributed by atoms with E-state index in [1.54, 1.807) is 0 Å². The van der Waals surface area contributed by atoms with Crippen LogP contribution in [-0.4, -0.2) is 16.9 Å². The van der Waals surface area contributed by atoms with Crippen molar-refractivity contribution >= 4 is 0 Å². The van der Waals surface area contributed by atoms with Crippen molar-refractivity contribution in [2.24, 2.45) is 0 Å². The lowest BCUT2D eigenvalue weighted by Crippen LogP contribution is -2.35. The summed E-state index contributed by atoms with van der Waals surface area (Å²) >= 11 is 0. The first-order valence-corrected chi connectivity index (χ1v) is 3.36. The van der Waals surface area contributed by atoms with Crippen LogP contribution in [0.2, 0.25) is 0 Å². The molecular weight excluding hydrogens is 188 g/mol. The molecule has 0 aromatic carbocycles. The average molecular weight is 194 g/mol. The van der Waals surface area contributed by atoms with Gasteiger partial charge in [0.2, 0.25) is 6.17 Å². The van der Waals surface area contributed by atoms with E-state index in [2.05, 4.69) is 6.58 Å². The highest BCUT2D eigenvalue weighted by atomic mass is 19.2. The van der Waals surface area contributed by atoms with Crippen LogP contribution in [0.5, 0.6) is 0 Å². The van der Waals surface area contributed by atoms with E-state index in [-0.39, 0.29) is 6.08 Å². The Kier molecular flexibility index (Phi) is 2.19. The van der Waals surface area contributed by atoms with E-state index in [9.17, 15) is 17.6 Å². The monoisotopic (exact) mass is 194 g/mol. The molecule has 13 heavy (non-hydrogen) atoms. The predicted molar refractivity (Wildman–Crippen MR) is 38.9 cm³/mol. The van der Waals surface area contributed by atoms with Crippen LogP contribution in [0.1, 0.15) is 0 Å². The molecule has 0 fully saturated rings. The van der Waals surface area contributed by atoms with Crippen LogP contribution in [0.4, 0.5) is 17.6 Å². The van der Waals surface area contributed by atoms with Crippen LogP contribution in [0.15, 0.2) is 36.1 Å². The molecule has 0 amide bonds. The summed E-state index contributed by atoms with van der Waals surface area (Å²) in [6.07, 6.45) is -2.09. The summed E-state index contributed by atoms with van der Waals surface area (Å²) in [5, 5.41) is 8.64. The van der Waals surface area contributed by atoms with Crippen molar-refractivity contribution in [2.45, 2.75) is 11.8 Å². The first kappa shape index (κ1) is 9.83. The lowest BCUT2D eigenvalue weighted by atomic mass is 9.93. The molecule has 1 nitrogen and oxygen atoms in total. The van der Waals surface area contributed by atoms with Crippen LogP contribution in [0.3, 0.4) is 0 Å². The number of hydrogen-bond acceptors (Lipinski definition) is 1. The third-order valence-corrected chi connectivity index (χ3v) is 1.72. The molecule has 2 unspecified atom stereocenters. The Balaban J connectivity index is 3.22. The van der Waals surface area contributed by atoms with Gasteiger partial charge in [0.1, 0.15) is 0 Å². The number of aliphatic hydroxyl groups is 1. The first-order chi connectivity index (χ1) is 5.92. The van der Waals surface area contributed by atoms with Crippen LogP contribution in [-0.2, 0) is 0 Å². The van der Waals surface area contributed by atoms with Crippen molar-refractivity contribution in [1.29, 1.82) is 0 Å². The number of hydrogen-bond donors (Lipinski definition) is 1. The van der Waals surface area contributed by atoms with Gasteiger partial charge in [-0.25, -0.2) is 13.2 Å². The van der Waals surface area contributed by atoms with Gasteiger partial charge in [0.25, 0.3) is 0 Å². The Hall–Kier alpha value is -1.26. The quantitative estimate of drug-likeness (QED) is 0.502. The van der Waals surface area contributed by atoms with E-state index < -0.39 is 29.3 Å². The Bertz CT molecular complexity index is 307. The zero-order chi connectivity index (χ0) is 10.2. The Morgan fingerprint density at radius 2 is 2.08 bits per heavy atom. The van der Waals surface area contributed by atoms with Crippen LogP contribution in [0, 0.1) is 0 Å². The fraction of sp³-hybridized carbons (Fsp3) is 0.250. The third-order valence-electron chi connectivity index (χ3n) is 1.72. The number of rotatable bonds is 1. The van der Waals surface area contributed by atoms with E-state index in [1.165, 1.54) is 0 Å². The molecule has 1 N–H and O–H groups in total. The molecule has 5 heteroatoms. The smallest absolute Gasteiger partial charge is 0.201 e. The van der Waals surface area contributed by atoms with Crippen molar-refractivity contribution < 1.29 is 22.7 Å². The largest absolute Gasteiger partial charge is 0.506 e. The number of halogens is 4. The van der Waals surface area contributed by atoms with Crippen molar-refractivity contribution in [1.82, 2.24) is 0 Å². The van der Waals surface area contributed by atoms with E-state index in [1.807, 2.05) is 0 Å². The van der Waals surface area contributed by atoms with Gasteiger partial charge in [-0.1, -0.05) is 6.58 Å². The van der Waals surface area contributed by atoms with Crippen LogP contribution >= 0.6 is 0 Å². The number of alkyl halides is 2. The van der Waals surface area contributed by atoms with Crippen molar-refractivity contribution in [3.05, 3.63) is 36.1 Å². The van der Waals surface area contributed by atoms with Gasteiger partial charge in [-0.05, 0) is 12.2 Å². The molecule has 1 aliphatic carbocycles. The fourth-order valence-electron chi connectivity index (χ4n) is 0.936. The highest BCUT2D eigenvalue weighted by Gasteiger charge is 2.44. The molecule has 72 valence electrons. The zero-order valence-corrected chi connectivity index (χ0v) is 6.40. The second-order valence-electron chi connectivity index (χ2n) is 2.59. The maximum absolute atomic E-state index is 13.2. The predicted octanol–water partition coefficient (Wildman–Crippen LogP) is 2.82. The molecule has 0 heterocycles. The second kappa shape index (κ2) is 2.90. The van der Waals surface area contributed by atoms with E-state index >= 15 is 0 Å². The fourth-order valence-corrected chi connectivity index (χ4v) is 0.936. The first-order valence-electron chi connectivity index (χ1n) is 3.36. The summed E-state index contributed by atoms with van der Waals surface area (Å²) in [6.45, 7) is 2.92. The Morgan fingerprint density at radius 3 is 2.54 bits per heavy atom. The molecule has 0 radical (unpaired) electrons. The molecule has 1 rings (SSSR count). The molecule has 0 bridgehead atoms. The molecule has 0 saturated carbocycles. The van der Waals surface area contributed by atoms with Gasteiger partial charge in [-0.3, -0.25) is 0 Å². The lowest BCUT2D eigenvalue weighted by molar-refractivity contribution is 0.111. The van der Waals surface area contributed by atoms with Gasteiger partial charge in [0.05, 0.1) is 0 Å². The highest BCUT2D eigenvalue weighted by Crippen LogP contribution is 2.37. The molecular formula is C8H6F4O. The minimum absolute atomic E-state index is 0.0969. The van der Waals surface area contributed by atoms with Crippen molar-refractivity contribution in [3.63, 3.8) is 0 Å². The van der Waals surface area contributed by atoms with Crippen LogP contribution in [0.25, 0.3) is 0 Å². The second-order valence-corrected chi connectivity index (χ2v) is 2.59. The Morgan fingerprint density at radius 1 is 1.54 bits per heavy atom. The molecule has 0 spiro atoms. The molecule has 0 saturated heterocycles. The van der Waals surface area contributed by atoms with E-state index in [4.69, 9.17) is 5.11 Å². The summed E-state index contributed by atoms with van der Waals surface area (Å²) in [7, 11) is 0. The summed E-state index contributed by atoms with van der Waals surface area (Å²) in [6, 6.07) is 0. The number of allylic oxidation sites excluding steroid dienone is 5. The van der Waals surface area contributed by atoms with Gasteiger partial charge in [0.15, 0.2) is 23.1 Å². The van der Waals surface area contributed by atoms with Gasteiger partial charge in [-0.2, -0.15) is 4.39 Å². The van der Waals surface area contributed by atoms with E-state index in [0.717, 1.165) is 0 Å². The summed E-state index contributed by atoms with van der Waals surface area (Å²) in [4.78, 5) is 0. The minimum Gasteiger partial charge on any atom is -0.506 e. The van der Waals surface area contributed by atoms with E-state index in [0.29, 0.717) is 6.08 Å². The van der Waals surface area contributed by atoms with Gasteiger partial charge >= 0.3 is 0 Å². The third kappa shape index (κ3) is 1.34. The maximum atomic E-state index is 13.2.